The Labute approximate surface area is 126 Å². The number of amides is 1. The number of aromatic nitrogens is 2. The van der Waals surface area contributed by atoms with E-state index in [-0.39, 0.29) is 11.9 Å². The van der Waals surface area contributed by atoms with Gasteiger partial charge < -0.3 is 14.2 Å². The van der Waals surface area contributed by atoms with Gasteiger partial charge in [0.15, 0.2) is 5.76 Å². The largest absolute Gasteiger partial charge is 0.459 e. The molecule has 0 unspecified atom stereocenters. The number of nitrogens with zero attached hydrogens (tertiary/aromatic N) is 4. The zero-order chi connectivity index (χ0) is 14.4. The molecule has 0 N–H and O–H groups in total. The lowest BCUT2D eigenvalue weighted by molar-refractivity contribution is 0.0704. The van der Waals surface area contributed by atoms with Crippen molar-refractivity contribution in [2.45, 2.75) is 31.8 Å². The second-order valence-corrected chi connectivity index (χ2v) is 6.37. The van der Waals surface area contributed by atoms with Crippen molar-refractivity contribution in [2.24, 2.45) is 0 Å². The first-order valence-electron chi connectivity index (χ1n) is 7.13. The average molecular weight is 304 g/mol. The molecule has 4 heterocycles. The van der Waals surface area contributed by atoms with E-state index in [0.717, 1.165) is 36.6 Å². The van der Waals surface area contributed by atoms with Crippen LogP contribution in [-0.2, 0) is 0 Å². The van der Waals surface area contributed by atoms with E-state index in [1.807, 2.05) is 17.9 Å². The van der Waals surface area contributed by atoms with Crippen LogP contribution in [0.25, 0.3) is 0 Å². The molecule has 6 nitrogen and oxygen atoms in total. The molecule has 2 aliphatic rings. The number of fused-ring (bicyclic) bond motifs is 1. The van der Waals surface area contributed by atoms with E-state index in [1.165, 1.54) is 0 Å². The van der Waals surface area contributed by atoms with Gasteiger partial charge in [0.05, 0.1) is 18.3 Å². The fourth-order valence-electron chi connectivity index (χ4n) is 3.49. The van der Waals surface area contributed by atoms with E-state index in [9.17, 15) is 4.79 Å². The summed E-state index contributed by atoms with van der Waals surface area (Å²) in [6.45, 7) is 3.63. The maximum atomic E-state index is 12.7. The molecule has 0 aliphatic carbocycles. The Morgan fingerprint density at radius 2 is 2.24 bits per heavy atom. The van der Waals surface area contributed by atoms with Crippen LogP contribution in [0.4, 0.5) is 5.13 Å². The summed E-state index contributed by atoms with van der Waals surface area (Å²) in [5.74, 6) is 0.495. The molecule has 0 spiro atoms. The molecule has 0 saturated carbocycles. The van der Waals surface area contributed by atoms with E-state index in [0.29, 0.717) is 11.8 Å². The fraction of sp³-hybridized carbons (Fsp3) is 0.500. The molecule has 2 aromatic rings. The number of hydrogen-bond acceptors (Lipinski definition) is 6. The Morgan fingerprint density at radius 3 is 2.95 bits per heavy atom. The maximum Gasteiger partial charge on any atom is 0.290 e. The number of carbonyl (C=O) groups excluding carboxylic acids is 1. The normalized spacial score (nSPS) is 24.6. The van der Waals surface area contributed by atoms with Gasteiger partial charge in [-0.25, -0.2) is 0 Å². The number of likely N-dealkylation sites (tertiary alicyclic amines) is 1. The maximum absolute atomic E-state index is 12.7. The molecule has 21 heavy (non-hydrogen) atoms. The Bertz CT molecular complexity index is 654. The summed E-state index contributed by atoms with van der Waals surface area (Å²) < 4.78 is 5.36. The topological polar surface area (TPSA) is 62.5 Å². The molecule has 2 aromatic heterocycles. The van der Waals surface area contributed by atoms with Crippen LogP contribution in [-0.4, -0.2) is 46.2 Å². The first-order chi connectivity index (χ1) is 10.3. The predicted octanol–water partition coefficient (Wildman–Crippen LogP) is 1.93. The molecule has 2 saturated heterocycles. The third kappa shape index (κ3) is 1.95. The summed E-state index contributed by atoms with van der Waals surface area (Å²) >= 11 is 1.56. The summed E-state index contributed by atoms with van der Waals surface area (Å²) in [4.78, 5) is 16.9. The monoisotopic (exact) mass is 304 g/mol. The van der Waals surface area contributed by atoms with Crippen LogP contribution in [0.2, 0.25) is 0 Å². The summed E-state index contributed by atoms with van der Waals surface area (Å²) in [6, 6.07) is 2.45. The van der Waals surface area contributed by atoms with Crippen molar-refractivity contribution in [3.05, 3.63) is 29.2 Å². The minimum Gasteiger partial charge on any atom is -0.459 e. The third-order valence-corrected chi connectivity index (χ3v) is 5.21. The van der Waals surface area contributed by atoms with Crippen LogP contribution >= 0.6 is 11.3 Å². The van der Waals surface area contributed by atoms with Crippen molar-refractivity contribution < 1.29 is 9.21 Å². The second kappa shape index (κ2) is 4.84. The van der Waals surface area contributed by atoms with E-state index < -0.39 is 0 Å². The van der Waals surface area contributed by atoms with Crippen LogP contribution in [0.5, 0.6) is 0 Å². The van der Waals surface area contributed by atoms with Crippen LogP contribution in [0, 0.1) is 6.92 Å². The Balaban J connectivity index is 1.56. The highest BCUT2D eigenvalue weighted by Gasteiger charge is 2.46. The minimum absolute atomic E-state index is 0.0177. The second-order valence-electron chi connectivity index (χ2n) is 5.56. The van der Waals surface area contributed by atoms with Gasteiger partial charge in [-0.3, -0.25) is 4.79 Å². The minimum atomic E-state index is 0.0177. The number of rotatable bonds is 2. The summed E-state index contributed by atoms with van der Waals surface area (Å²) in [5, 5.41) is 9.05. The lowest BCUT2D eigenvalue weighted by Gasteiger charge is -2.24. The standard InChI is InChI=1S/C14H16N4O2S/c1-9-4-7-20-12(9)13(19)17-5-2-11-10(17)3-6-18(11)14-16-15-8-21-14/h4,7-8,10-11H,2-3,5-6H2,1H3/t10-,11+/m0/s1. The van der Waals surface area contributed by atoms with Gasteiger partial charge in [-0.15, -0.1) is 10.2 Å². The van der Waals surface area contributed by atoms with Crippen LogP contribution in [0.3, 0.4) is 0 Å². The van der Waals surface area contributed by atoms with Crippen molar-refractivity contribution in [3.8, 4) is 0 Å². The molecule has 0 bridgehead atoms. The molecule has 1 amide bonds. The fourth-order valence-corrected chi connectivity index (χ4v) is 4.14. The van der Waals surface area contributed by atoms with Gasteiger partial charge in [0.2, 0.25) is 5.13 Å². The highest BCUT2D eigenvalue weighted by Crippen LogP contribution is 2.36. The Morgan fingerprint density at radius 1 is 1.38 bits per heavy atom. The molecular formula is C14H16N4O2S. The van der Waals surface area contributed by atoms with E-state index in [4.69, 9.17) is 4.42 Å². The quantitative estimate of drug-likeness (QED) is 0.848. The van der Waals surface area contributed by atoms with Gasteiger partial charge in [-0.1, -0.05) is 11.3 Å². The van der Waals surface area contributed by atoms with Crippen molar-refractivity contribution >= 4 is 22.4 Å². The molecule has 2 fully saturated rings. The van der Waals surface area contributed by atoms with Gasteiger partial charge in [0, 0.05) is 18.7 Å². The molecule has 2 aliphatic heterocycles. The lowest BCUT2D eigenvalue weighted by atomic mass is 10.1. The van der Waals surface area contributed by atoms with Gasteiger partial charge in [0.25, 0.3) is 5.91 Å². The average Bonchev–Trinajstić information content (AvgIpc) is 3.22. The van der Waals surface area contributed by atoms with Gasteiger partial charge in [-0.2, -0.15) is 0 Å². The van der Waals surface area contributed by atoms with Crippen molar-refractivity contribution in [1.82, 2.24) is 15.1 Å². The zero-order valence-corrected chi connectivity index (χ0v) is 12.5. The molecular weight excluding hydrogens is 288 g/mol. The molecule has 110 valence electrons. The number of aryl methyl sites for hydroxylation is 1. The number of carbonyl (C=O) groups is 1. The van der Waals surface area contributed by atoms with E-state index in [1.54, 1.807) is 23.1 Å². The predicted molar refractivity (Wildman–Crippen MR) is 78.5 cm³/mol. The Hall–Kier alpha value is -1.89. The van der Waals surface area contributed by atoms with Crippen LogP contribution in [0.1, 0.15) is 29.0 Å². The molecule has 4 rings (SSSR count). The smallest absolute Gasteiger partial charge is 0.290 e. The number of hydrogen-bond donors (Lipinski definition) is 0. The van der Waals surface area contributed by atoms with Gasteiger partial charge >= 0.3 is 0 Å². The molecule has 0 aromatic carbocycles. The number of furan rings is 1. The summed E-state index contributed by atoms with van der Waals surface area (Å²) in [6.07, 6.45) is 3.55. The zero-order valence-electron chi connectivity index (χ0n) is 11.7. The van der Waals surface area contributed by atoms with E-state index >= 15 is 0 Å². The first-order valence-corrected chi connectivity index (χ1v) is 8.01. The molecule has 2 atom stereocenters. The summed E-state index contributed by atoms with van der Waals surface area (Å²) in [5.41, 5.74) is 2.66. The van der Waals surface area contributed by atoms with Gasteiger partial charge in [-0.05, 0) is 25.8 Å². The Kier molecular flexibility index (Phi) is 2.95. The lowest BCUT2D eigenvalue weighted by Crippen LogP contribution is -2.39. The third-order valence-electron chi connectivity index (χ3n) is 4.49. The van der Waals surface area contributed by atoms with Crippen LogP contribution < -0.4 is 4.90 Å². The van der Waals surface area contributed by atoms with Crippen LogP contribution in [0.15, 0.2) is 22.3 Å². The first kappa shape index (κ1) is 12.8. The number of anilines is 1. The molecule has 7 heteroatoms. The summed E-state index contributed by atoms with van der Waals surface area (Å²) in [7, 11) is 0. The highest BCUT2D eigenvalue weighted by atomic mass is 32.1. The van der Waals surface area contributed by atoms with Crippen molar-refractivity contribution in [1.29, 1.82) is 0 Å². The van der Waals surface area contributed by atoms with E-state index in [2.05, 4.69) is 15.1 Å². The molecule has 0 radical (unpaired) electrons. The SMILES string of the molecule is Cc1ccoc1C(=O)N1CC[C@@H]2[C@@H]1CCN2c1nncs1. The van der Waals surface area contributed by atoms with Gasteiger partial charge in [0.1, 0.15) is 5.51 Å². The van der Waals surface area contributed by atoms with Crippen molar-refractivity contribution in [2.75, 3.05) is 18.0 Å². The van der Waals surface area contributed by atoms with Crippen molar-refractivity contribution in [3.63, 3.8) is 0 Å². The highest BCUT2D eigenvalue weighted by molar-refractivity contribution is 7.13.